The summed E-state index contributed by atoms with van der Waals surface area (Å²) in [5.74, 6) is 0.725. The lowest BCUT2D eigenvalue weighted by Crippen LogP contribution is -2.26. The molecular formula is C19H23ClN2O3. The molecule has 5 nitrogen and oxygen atoms in total. The Bertz CT molecular complexity index is 707. The Hall–Kier alpha value is -2.27. The molecule has 134 valence electrons. The van der Waals surface area contributed by atoms with E-state index in [0.717, 1.165) is 12.0 Å². The first-order valence-corrected chi connectivity index (χ1v) is 8.74. The van der Waals surface area contributed by atoms with E-state index in [2.05, 4.69) is 10.3 Å². The molecule has 1 N–H and O–H groups in total. The highest BCUT2D eigenvalue weighted by atomic mass is 35.5. The van der Waals surface area contributed by atoms with Crippen LogP contribution in [0.4, 0.5) is 0 Å². The maximum Gasteiger partial charge on any atom is 0.251 e. The molecular weight excluding hydrogens is 340 g/mol. The number of halogens is 1. The van der Waals surface area contributed by atoms with Gasteiger partial charge < -0.3 is 14.8 Å². The van der Waals surface area contributed by atoms with E-state index in [1.807, 2.05) is 32.9 Å². The summed E-state index contributed by atoms with van der Waals surface area (Å²) in [6.07, 6.45) is 4.25. The average Bonchev–Trinajstić information content (AvgIpc) is 2.61. The van der Waals surface area contributed by atoms with Crippen molar-refractivity contribution in [1.29, 1.82) is 0 Å². The minimum atomic E-state index is -0.228. The van der Waals surface area contributed by atoms with Crippen molar-refractivity contribution >= 4 is 17.5 Å². The summed E-state index contributed by atoms with van der Waals surface area (Å²) in [4.78, 5) is 16.6. The number of amides is 1. The number of carbonyl (C=O) groups is 1. The number of rotatable bonds is 8. The van der Waals surface area contributed by atoms with E-state index in [1.54, 1.807) is 24.5 Å². The quantitative estimate of drug-likeness (QED) is 0.755. The van der Waals surface area contributed by atoms with Crippen LogP contribution in [-0.4, -0.2) is 24.1 Å². The second kappa shape index (κ2) is 9.28. The van der Waals surface area contributed by atoms with Crippen LogP contribution in [0.15, 0.2) is 36.7 Å². The molecule has 0 spiro atoms. The Morgan fingerprint density at radius 3 is 2.60 bits per heavy atom. The van der Waals surface area contributed by atoms with Gasteiger partial charge in [-0.3, -0.25) is 9.78 Å². The first-order chi connectivity index (χ1) is 12.1. The van der Waals surface area contributed by atoms with Crippen molar-refractivity contribution in [3.05, 3.63) is 52.8 Å². The van der Waals surface area contributed by atoms with Crippen LogP contribution in [0, 0.1) is 0 Å². The largest absolute Gasteiger partial charge is 0.490 e. The van der Waals surface area contributed by atoms with Gasteiger partial charge in [-0.1, -0.05) is 18.5 Å². The molecule has 0 radical (unpaired) electrons. The SMILES string of the molecule is CCCOc1c(Cl)cc(C(=O)NC(C)c2ccncc2)cc1OCC. The number of pyridine rings is 1. The molecule has 1 aromatic carbocycles. The molecule has 0 aliphatic heterocycles. The van der Waals surface area contributed by atoms with Crippen molar-refractivity contribution in [3.8, 4) is 11.5 Å². The first-order valence-electron chi connectivity index (χ1n) is 8.36. The van der Waals surface area contributed by atoms with Crippen molar-refractivity contribution in [1.82, 2.24) is 10.3 Å². The standard InChI is InChI=1S/C19H23ClN2O3/c1-4-10-25-18-16(20)11-15(12-17(18)24-5-2)19(23)22-13(3)14-6-8-21-9-7-14/h6-9,11-13H,4-5,10H2,1-3H3,(H,22,23). The van der Waals surface area contributed by atoms with Gasteiger partial charge in [-0.25, -0.2) is 0 Å². The number of ether oxygens (including phenoxy) is 2. The van der Waals surface area contributed by atoms with Crippen LogP contribution in [-0.2, 0) is 0 Å². The Labute approximate surface area is 153 Å². The van der Waals surface area contributed by atoms with Crippen LogP contribution >= 0.6 is 11.6 Å². The van der Waals surface area contributed by atoms with Crippen LogP contribution in [0.2, 0.25) is 5.02 Å². The van der Waals surface area contributed by atoms with E-state index in [9.17, 15) is 4.79 Å². The molecule has 0 fully saturated rings. The highest BCUT2D eigenvalue weighted by Gasteiger charge is 2.18. The maximum atomic E-state index is 12.6. The third-order valence-electron chi connectivity index (χ3n) is 3.58. The zero-order chi connectivity index (χ0) is 18.2. The van der Waals surface area contributed by atoms with Gasteiger partial charge >= 0.3 is 0 Å². The Morgan fingerprint density at radius 1 is 1.24 bits per heavy atom. The van der Waals surface area contributed by atoms with Crippen LogP contribution in [0.1, 0.15) is 49.2 Å². The summed E-state index contributed by atoms with van der Waals surface area (Å²) in [5, 5.41) is 3.31. The third-order valence-corrected chi connectivity index (χ3v) is 3.86. The zero-order valence-corrected chi connectivity index (χ0v) is 15.5. The van der Waals surface area contributed by atoms with Crippen molar-refractivity contribution in [3.63, 3.8) is 0 Å². The van der Waals surface area contributed by atoms with Crippen molar-refractivity contribution in [2.24, 2.45) is 0 Å². The number of nitrogens with zero attached hydrogens (tertiary/aromatic N) is 1. The van der Waals surface area contributed by atoms with Crippen LogP contribution < -0.4 is 14.8 Å². The Balaban J connectivity index is 2.21. The van der Waals surface area contributed by atoms with E-state index >= 15 is 0 Å². The third kappa shape index (κ3) is 5.10. The van der Waals surface area contributed by atoms with Gasteiger partial charge in [-0.15, -0.1) is 0 Å². The lowest BCUT2D eigenvalue weighted by molar-refractivity contribution is 0.0939. The van der Waals surface area contributed by atoms with Gasteiger partial charge in [0.05, 0.1) is 24.3 Å². The molecule has 0 saturated heterocycles. The van der Waals surface area contributed by atoms with E-state index in [1.165, 1.54) is 0 Å². The van der Waals surface area contributed by atoms with Crippen molar-refractivity contribution < 1.29 is 14.3 Å². The van der Waals surface area contributed by atoms with Crippen LogP contribution in [0.5, 0.6) is 11.5 Å². The van der Waals surface area contributed by atoms with Gasteiger partial charge in [0.1, 0.15) is 0 Å². The van der Waals surface area contributed by atoms with Gasteiger partial charge in [-0.2, -0.15) is 0 Å². The lowest BCUT2D eigenvalue weighted by atomic mass is 10.1. The van der Waals surface area contributed by atoms with Crippen LogP contribution in [0.3, 0.4) is 0 Å². The molecule has 1 heterocycles. The molecule has 1 unspecified atom stereocenters. The summed E-state index contributed by atoms with van der Waals surface area (Å²) >= 11 is 6.31. The van der Waals surface area contributed by atoms with E-state index in [0.29, 0.717) is 35.3 Å². The van der Waals surface area contributed by atoms with E-state index in [4.69, 9.17) is 21.1 Å². The first kappa shape index (κ1) is 19.1. The minimum absolute atomic E-state index is 0.152. The average molecular weight is 363 g/mol. The number of aromatic nitrogens is 1. The van der Waals surface area contributed by atoms with Gasteiger partial charge in [0.15, 0.2) is 11.5 Å². The summed E-state index contributed by atoms with van der Waals surface area (Å²) in [6.45, 7) is 6.78. The summed E-state index contributed by atoms with van der Waals surface area (Å²) in [7, 11) is 0. The minimum Gasteiger partial charge on any atom is -0.490 e. The highest BCUT2D eigenvalue weighted by molar-refractivity contribution is 6.32. The van der Waals surface area contributed by atoms with E-state index < -0.39 is 0 Å². The molecule has 1 atom stereocenters. The predicted octanol–water partition coefficient (Wildman–Crippen LogP) is 4.41. The molecule has 1 amide bonds. The highest BCUT2D eigenvalue weighted by Crippen LogP contribution is 2.37. The second-order valence-electron chi connectivity index (χ2n) is 5.54. The molecule has 0 bridgehead atoms. The summed E-state index contributed by atoms with van der Waals surface area (Å²) in [5.41, 5.74) is 1.40. The van der Waals surface area contributed by atoms with Gasteiger partial charge in [0, 0.05) is 18.0 Å². The Kier molecular flexibility index (Phi) is 7.07. The molecule has 2 aromatic rings. The van der Waals surface area contributed by atoms with E-state index in [-0.39, 0.29) is 11.9 Å². The summed E-state index contributed by atoms with van der Waals surface area (Å²) < 4.78 is 11.3. The Morgan fingerprint density at radius 2 is 1.96 bits per heavy atom. The fourth-order valence-corrected chi connectivity index (χ4v) is 2.59. The predicted molar refractivity (Wildman–Crippen MR) is 98.5 cm³/mol. The smallest absolute Gasteiger partial charge is 0.251 e. The zero-order valence-electron chi connectivity index (χ0n) is 14.7. The lowest BCUT2D eigenvalue weighted by Gasteiger charge is -2.17. The second-order valence-corrected chi connectivity index (χ2v) is 5.95. The number of nitrogens with one attached hydrogen (secondary N) is 1. The molecule has 0 aliphatic carbocycles. The number of hydrogen-bond donors (Lipinski definition) is 1. The van der Waals surface area contributed by atoms with Crippen LogP contribution in [0.25, 0.3) is 0 Å². The van der Waals surface area contributed by atoms with Gasteiger partial charge in [0.2, 0.25) is 0 Å². The number of hydrogen-bond acceptors (Lipinski definition) is 4. The maximum absolute atomic E-state index is 12.6. The van der Waals surface area contributed by atoms with Gasteiger partial charge in [0.25, 0.3) is 5.91 Å². The fourth-order valence-electron chi connectivity index (χ4n) is 2.32. The summed E-state index contributed by atoms with van der Waals surface area (Å²) in [6, 6.07) is 6.84. The fraction of sp³-hybridized carbons (Fsp3) is 0.368. The molecule has 0 aliphatic rings. The normalized spacial score (nSPS) is 11.7. The molecule has 2 rings (SSSR count). The topological polar surface area (TPSA) is 60.5 Å². The number of carbonyl (C=O) groups excluding carboxylic acids is 1. The monoisotopic (exact) mass is 362 g/mol. The van der Waals surface area contributed by atoms with Gasteiger partial charge in [-0.05, 0) is 50.1 Å². The molecule has 25 heavy (non-hydrogen) atoms. The van der Waals surface area contributed by atoms with Crippen molar-refractivity contribution in [2.45, 2.75) is 33.2 Å². The molecule has 0 saturated carbocycles. The molecule has 6 heteroatoms. The number of benzene rings is 1. The van der Waals surface area contributed by atoms with Crippen molar-refractivity contribution in [2.75, 3.05) is 13.2 Å². The molecule has 1 aromatic heterocycles.